The van der Waals surface area contributed by atoms with Crippen molar-refractivity contribution in [3.8, 4) is 5.75 Å². The summed E-state index contributed by atoms with van der Waals surface area (Å²) in [5.74, 6) is 0.790. The van der Waals surface area contributed by atoms with E-state index >= 15 is 0 Å². The molecule has 1 fully saturated rings. The van der Waals surface area contributed by atoms with E-state index in [1.165, 1.54) is 16.7 Å². The minimum Gasteiger partial charge on any atom is -0.497 e. The first-order chi connectivity index (χ1) is 15.8. The van der Waals surface area contributed by atoms with E-state index in [9.17, 15) is 4.79 Å². The summed E-state index contributed by atoms with van der Waals surface area (Å²) in [5, 5.41) is 0.713. The summed E-state index contributed by atoms with van der Waals surface area (Å²) >= 11 is 3.14. The van der Waals surface area contributed by atoms with Crippen LogP contribution in [-0.2, 0) is 4.79 Å². The van der Waals surface area contributed by atoms with E-state index in [4.69, 9.17) is 9.73 Å². The molecule has 0 atom stereocenters. The summed E-state index contributed by atoms with van der Waals surface area (Å²) in [7, 11) is 1.64. The Morgan fingerprint density at radius 1 is 1.06 bits per heavy atom. The highest BCUT2D eigenvalue weighted by atomic mass is 32.2. The summed E-state index contributed by atoms with van der Waals surface area (Å²) in [6.07, 6.45) is 4.02. The highest BCUT2D eigenvalue weighted by Gasteiger charge is 2.34. The van der Waals surface area contributed by atoms with Gasteiger partial charge in [0.1, 0.15) is 5.75 Å². The van der Waals surface area contributed by atoms with Gasteiger partial charge in [-0.1, -0.05) is 12.1 Å². The Labute approximate surface area is 206 Å². The molecule has 0 aromatic heterocycles. The number of benzene rings is 2. The first-order valence-corrected chi connectivity index (χ1v) is 13.2. The quantitative estimate of drug-likeness (QED) is 0.317. The van der Waals surface area contributed by atoms with Crippen molar-refractivity contribution >= 4 is 46.4 Å². The lowest BCUT2D eigenvalue weighted by molar-refractivity contribution is -0.122. The van der Waals surface area contributed by atoms with E-state index in [1.807, 2.05) is 35.2 Å². The topological polar surface area (TPSA) is 45.1 Å². The summed E-state index contributed by atoms with van der Waals surface area (Å²) < 4.78 is 5.25. The Morgan fingerprint density at radius 3 is 2.24 bits per heavy atom. The fraction of sp³-hybridized carbons (Fsp3) is 0.385. The second kappa shape index (κ2) is 11.8. The number of hydrogen-bond donors (Lipinski definition) is 0. The zero-order valence-electron chi connectivity index (χ0n) is 20.2. The number of rotatable bonds is 9. The van der Waals surface area contributed by atoms with E-state index in [1.54, 1.807) is 18.9 Å². The molecule has 5 nitrogen and oxygen atoms in total. The molecule has 0 spiro atoms. The molecular formula is C26H33N3O2S2. The maximum Gasteiger partial charge on any atom is 0.266 e. The predicted octanol–water partition coefficient (Wildman–Crippen LogP) is 6.14. The summed E-state index contributed by atoms with van der Waals surface area (Å²) in [4.78, 5) is 24.3. The van der Waals surface area contributed by atoms with Crippen molar-refractivity contribution in [3.63, 3.8) is 0 Å². The molecule has 1 heterocycles. The van der Waals surface area contributed by atoms with Crippen molar-refractivity contribution < 1.29 is 9.53 Å². The van der Waals surface area contributed by atoms with Gasteiger partial charge in [0.25, 0.3) is 5.91 Å². The highest BCUT2D eigenvalue weighted by Crippen LogP contribution is 2.34. The van der Waals surface area contributed by atoms with Crippen LogP contribution >= 0.6 is 23.5 Å². The lowest BCUT2D eigenvalue weighted by atomic mass is 10.2. The summed E-state index contributed by atoms with van der Waals surface area (Å²) in [6.45, 7) is 10.2. The number of carbonyl (C=O) groups excluding carboxylic acids is 1. The maximum atomic E-state index is 13.4. The third-order valence-electron chi connectivity index (χ3n) is 5.51. The molecule has 0 aliphatic carbocycles. The van der Waals surface area contributed by atoms with Crippen molar-refractivity contribution in [1.82, 2.24) is 9.80 Å². The monoisotopic (exact) mass is 483 g/mol. The molecule has 0 saturated carbocycles. The van der Waals surface area contributed by atoms with Gasteiger partial charge in [-0.05, 0) is 93.8 Å². The van der Waals surface area contributed by atoms with E-state index in [0.717, 1.165) is 23.5 Å². The van der Waals surface area contributed by atoms with Crippen molar-refractivity contribution in [3.05, 3.63) is 59.0 Å². The Bertz CT molecular complexity index is 991. The van der Waals surface area contributed by atoms with E-state index < -0.39 is 0 Å². The van der Waals surface area contributed by atoms with Crippen LogP contribution in [0.2, 0.25) is 0 Å². The van der Waals surface area contributed by atoms with Crippen LogP contribution in [0.25, 0.3) is 6.08 Å². The average molecular weight is 484 g/mol. The van der Waals surface area contributed by atoms with Gasteiger partial charge in [0.2, 0.25) is 0 Å². The second-order valence-electron chi connectivity index (χ2n) is 8.36. The van der Waals surface area contributed by atoms with E-state index in [-0.39, 0.29) is 5.91 Å². The zero-order valence-corrected chi connectivity index (χ0v) is 21.9. The van der Waals surface area contributed by atoms with Crippen molar-refractivity contribution in [1.29, 1.82) is 0 Å². The number of nitrogens with zero attached hydrogens (tertiary/aromatic N) is 3. The number of carbonyl (C=O) groups is 1. The Kier molecular flexibility index (Phi) is 9.06. The number of aliphatic imine (C=N–C) groups is 1. The molecule has 2 aromatic carbocycles. The van der Waals surface area contributed by atoms with Crippen LogP contribution in [0.4, 0.5) is 5.69 Å². The Hall–Kier alpha value is -2.22. The number of amides is 1. The smallest absolute Gasteiger partial charge is 0.266 e. The molecule has 176 valence electrons. The third kappa shape index (κ3) is 6.65. The molecule has 1 aliphatic heterocycles. The molecule has 0 radical (unpaired) electrons. The van der Waals surface area contributed by atoms with E-state index in [0.29, 0.717) is 28.7 Å². The molecule has 2 aromatic rings. The fourth-order valence-electron chi connectivity index (χ4n) is 3.74. The standard InChI is InChI=1S/C26H33N3O2S2/c1-18(2)28(19(3)4)15-16-29-25(30)24(17-20-7-13-23(32-6)14-8-20)33-26(29)27-21-9-11-22(31-5)12-10-21/h7-14,17-19H,15-16H2,1-6H3. The average Bonchev–Trinajstić information content (AvgIpc) is 3.08. The van der Waals surface area contributed by atoms with Gasteiger partial charge < -0.3 is 4.74 Å². The first-order valence-electron chi connectivity index (χ1n) is 11.2. The number of hydrogen-bond acceptors (Lipinski definition) is 6. The normalized spacial score (nSPS) is 16.8. The molecule has 7 heteroatoms. The van der Waals surface area contributed by atoms with Crippen LogP contribution in [0, 0.1) is 0 Å². The van der Waals surface area contributed by atoms with E-state index in [2.05, 4.69) is 63.1 Å². The van der Waals surface area contributed by atoms with Gasteiger partial charge in [-0.25, -0.2) is 4.99 Å². The molecule has 3 rings (SSSR count). The lowest BCUT2D eigenvalue weighted by Gasteiger charge is -2.31. The van der Waals surface area contributed by atoms with Gasteiger partial charge in [0.05, 0.1) is 17.7 Å². The number of thioether (sulfide) groups is 2. The van der Waals surface area contributed by atoms with Gasteiger partial charge >= 0.3 is 0 Å². The van der Waals surface area contributed by atoms with Crippen LogP contribution in [-0.4, -0.2) is 59.4 Å². The minimum atomic E-state index is 0.00802. The number of methoxy groups -OCH3 is 1. The molecule has 1 aliphatic rings. The SMILES string of the molecule is COc1ccc(N=C2SC(=Cc3ccc(SC)cc3)C(=O)N2CCN(C(C)C)C(C)C)cc1. The van der Waals surface area contributed by atoms with Gasteiger partial charge in [0.15, 0.2) is 5.17 Å². The fourth-order valence-corrected chi connectivity index (χ4v) is 5.17. The zero-order chi connectivity index (χ0) is 24.0. The van der Waals surface area contributed by atoms with Gasteiger partial charge in [-0.2, -0.15) is 0 Å². The maximum absolute atomic E-state index is 13.4. The van der Waals surface area contributed by atoms with Crippen molar-refractivity contribution in [2.24, 2.45) is 4.99 Å². The molecule has 1 amide bonds. The minimum absolute atomic E-state index is 0.00802. The van der Waals surface area contributed by atoms with Crippen LogP contribution in [0.1, 0.15) is 33.3 Å². The second-order valence-corrected chi connectivity index (χ2v) is 10.2. The molecule has 0 N–H and O–H groups in total. The molecule has 1 saturated heterocycles. The third-order valence-corrected chi connectivity index (χ3v) is 7.26. The lowest BCUT2D eigenvalue weighted by Crippen LogP contribution is -2.43. The Morgan fingerprint density at radius 2 is 1.70 bits per heavy atom. The Balaban J connectivity index is 1.89. The number of ether oxygens (including phenoxy) is 1. The first kappa shape index (κ1) is 25.4. The van der Waals surface area contributed by atoms with Crippen molar-refractivity contribution in [2.45, 2.75) is 44.7 Å². The van der Waals surface area contributed by atoms with Gasteiger partial charge in [0, 0.05) is 30.1 Å². The summed E-state index contributed by atoms with van der Waals surface area (Å²) in [6, 6.07) is 16.7. The van der Waals surface area contributed by atoms with Crippen LogP contribution in [0.3, 0.4) is 0 Å². The van der Waals surface area contributed by atoms with Crippen molar-refractivity contribution in [2.75, 3.05) is 26.5 Å². The molecular weight excluding hydrogens is 450 g/mol. The van der Waals surface area contributed by atoms with Gasteiger partial charge in [-0.3, -0.25) is 14.6 Å². The van der Waals surface area contributed by atoms with Crippen LogP contribution < -0.4 is 4.74 Å². The molecule has 33 heavy (non-hydrogen) atoms. The molecule has 0 unspecified atom stereocenters. The largest absolute Gasteiger partial charge is 0.497 e. The number of amidine groups is 1. The predicted molar refractivity (Wildman–Crippen MR) is 143 cm³/mol. The summed E-state index contributed by atoms with van der Waals surface area (Å²) in [5.41, 5.74) is 1.81. The van der Waals surface area contributed by atoms with Crippen LogP contribution in [0.15, 0.2) is 63.3 Å². The highest BCUT2D eigenvalue weighted by molar-refractivity contribution is 8.18. The van der Waals surface area contributed by atoms with Gasteiger partial charge in [-0.15, -0.1) is 11.8 Å². The van der Waals surface area contributed by atoms with Crippen LogP contribution in [0.5, 0.6) is 5.75 Å². The molecule has 0 bridgehead atoms.